The number of phenols is 1. The Morgan fingerprint density at radius 3 is 3.06 bits per heavy atom. The second-order valence-corrected chi connectivity index (χ2v) is 4.71. The fraction of sp³-hybridized carbons (Fsp3) is 0.357. The van der Waals surface area contributed by atoms with Crippen LogP contribution in [0.15, 0.2) is 30.3 Å². The maximum Gasteiger partial charge on any atom is 0.141 e. The minimum absolute atomic E-state index is 0.272. The first-order chi connectivity index (χ1) is 8.33. The molecule has 1 atom stereocenters. The molecule has 0 bridgehead atoms. The van der Waals surface area contributed by atoms with E-state index in [0.717, 1.165) is 36.1 Å². The van der Waals surface area contributed by atoms with Gasteiger partial charge < -0.3 is 10.4 Å². The first kappa shape index (κ1) is 10.5. The largest absolute Gasteiger partial charge is 0.506 e. The minimum Gasteiger partial charge on any atom is -0.506 e. The lowest BCUT2D eigenvalue weighted by Gasteiger charge is -2.08. The van der Waals surface area contributed by atoms with Crippen LogP contribution in [0.2, 0.25) is 0 Å². The fourth-order valence-electron chi connectivity index (χ4n) is 2.47. The van der Waals surface area contributed by atoms with E-state index in [2.05, 4.69) is 16.4 Å². The van der Waals surface area contributed by atoms with Gasteiger partial charge in [0.15, 0.2) is 0 Å². The molecule has 0 spiro atoms. The molecule has 3 rings (SSSR count). The predicted molar refractivity (Wildman–Crippen MR) is 68.1 cm³/mol. The number of para-hydroxylation sites is 1. The number of rotatable bonds is 2. The highest BCUT2D eigenvalue weighted by molar-refractivity contribution is 5.84. The van der Waals surface area contributed by atoms with Crippen molar-refractivity contribution in [3.05, 3.63) is 36.0 Å². The SMILES string of the molecule is Oc1cccc2ccc(CC3CCNC3)nc12. The van der Waals surface area contributed by atoms with Gasteiger partial charge in [0, 0.05) is 11.1 Å². The Morgan fingerprint density at radius 2 is 2.24 bits per heavy atom. The third kappa shape index (κ3) is 2.11. The van der Waals surface area contributed by atoms with Crippen molar-refractivity contribution in [3.63, 3.8) is 0 Å². The first-order valence-electron chi connectivity index (χ1n) is 6.11. The van der Waals surface area contributed by atoms with Gasteiger partial charge in [0.1, 0.15) is 11.3 Å². The van der Waals surface area contributed by atoms with Gasteiger partial charge in [-0.15, -0.1) is 0 Å². The number of pyridine rings is 1. The van der Waals surface area contributed by atoms with Crippen LogP contribution in [0.5, 0.6) is 5.75 Å². The molecule has 0 amide bonds. The number of aromatic nitrogens is 1. The van der Waals surface area contributed by atoms with E-state index in [-0.39, 0.29) is 5.75 Å². The number of nitrogens with zero attached hydrogens (tertiary/aromatic N) is 1. The van der Waals surface area contributed by atoms with Gasteiger partial charge in [-0.3, -0.25) is 0 Å². The number of fused-ring (bicyclic) bond motifs is 1. The Labute approximate surface area is 100 Å². The highest BCUT2D eigenvalue weighted by Crippen LogP contribution is 2.23. The lowest BCUT2D eigenvalue weighted by atomic mass is 10.0. The van der Waals surface area contributed by atoms with Gasteiger partial charge in [-0.05, 0) is 44.0 Å². The fourth-order valence-corrected chi connectivity index (χ4v) is 2.47. The molecule has 3 nitrogen and oxygen atoms in total. The topological polar surface area (TPSA) is 45.1 Å². The van der Waals surface area contributed by atoms with Gasteiger partial charge in [-0.2, -0.15) is 0 Å². The zero-order valence-electron chi connectivity index (χ0n) is 9.69. The van der Waals surface area contributed by atoms with E-state index in [0.29, 0.717) is 5.92 Å². The van der Waals surface area contributed by atoms with E-state index in [9.17, 15) is 5.11 Å². The van der Waals surface area contributed by atoms with Gasteiger partial charge in [0.25, 0.3) is 0 Å². The maximum absolute atomic E-state index is 9.78. The van der Waals surface area contributed by atoms with Crippen LogP contribution < -0.4 is 5.32 Å². The quantitative estimate of drug-likeness (QED) is 0.827. The minimum atomic E-state index is 0.272. The van der Waals surface area contributed by atoms with Crippen molar-refractivity contribution in [2.75, 3.05) is 13.1 Å². The summed E-state index contributed by atoms with van der Waals surface area (Å²) >= 11 is 0. The molecule has 17 heavy (non-hydrogen) atoms. The van der Waals surface area contributed by atoms with Crippen LogP contribution in [-0.2, 0) is 6.42 Å². The summed E-state index contributed by atoms with van der Waals surface area (Å²) in [6, 6.07) is 9.62. The van der Waals surface area contributed by atoms with Gasteiger partial charge in [0.2, 0.25) is 0 Å². The van der Waals surface area contributed by atoms with Crippen LogP contribution in [0, 0.1) is 5.92 Å². The van der Waals surface area contributed by atoms with Crippen molar-refractivity contribution in [2.45, 2.75) is 12.8 Å². The highest BCUT2D eigenvalue weighted by Gasteiger charge is 2.15. The maximum atomic E-state index is 9.78. The second kappa shape index (κ2) is 4.34. The van der Waals surface area contributed by atoms with E-state index >= 15 is 0 Å². The molecule has 2 N–H and O–H groups in total. The Hall–Kier alpha value is -1.61. The van der Waals surface area contributed by atoms with Gasteiger partial charge in [-0.1, -0.05) is 18.2 Å². The van der Waals surface area contributed by atoms with Gasteiger partial charge >= 0.3 is 0 Å². The predicted octanol–water partition coefficient (Wildman–Crippen LogP) is 2.09. The molecule has 1 aromatic heterocycles. The Balaban J connectivity index is 1.92. The summed E-state index contributed by atoms with van der Waals surface area (Å²) in [4.78, 5) is 4.56. The summed E-state index contributed by atoms with van der Waals surface area (Å²) in [5.41, 5.74) is 1.80. The summed E-state index contributed by atoms with van der Waals surface area (Å²) in [6.45, 7) is 2.20. The van der Waals surface area contributed by atoms with E-state index < -0.39 is 0 Å². The lowest BCUT2D eigenvalue weighted by molar-refractivity contribution is 0.480. The molecule has 0 radical (unpaired) electrons. The van der Waals surface area contributed by atoms with Crippen molar-refractivity contribution in [3.8, 4) is 5.75 Å². The molecule has 0 aliphatic carbocycles. The van der Waals surface area contributed by atoms with Crippen LogP contribution in [0.1, 0.15) is 12.1 Å². The van der Waals surface area contributed by atoms with E-state index in [4.69, 9.17) is 0 Å². The summed E-state index contributed by atoms with van der Waals surface area (Å²) in [5.74, 6) is 0.958. The van der Waals surface area contributed by atoms with Gasteiger partial charge in [0.05, 0.1) is 0 Å². The number of nitrogens with one attached hydrogen (secondary N) is 1. The highest BCUT2D eigenvalue weighted by atomic mass is 16.3. The van der Waals surface area contributed by atoms with Crippen LogP contribution in [-0.4, -0.2) is 23.2 Å². The molecule has 1 aromatic carbocycles. The van der Waals surface area contributed by atoms with E-state index in [1.165, 1.54) is 6.42 Å². The zero-order valence-corrected chi connectivity index (χ0v) is 9.69. The van der Waals surface area contributed by atoms with Crippen molar-refractivity contribution < 1.29 is 5.11 Å². The summed E-state index contributed by atoms with van der Waals surface area (Å²) < 4.78 is 0. The second-order valence-electron chi connectivity index (χ2n) is 4.71. The number of aromatic hydroxyl groups is 1. The Kier molecular flexibility index (Phi) is 2.69. The van der Waals surface area contributed by atoms with Crippen LogP contribution >= 0.6 is 0 Å². The van der Waals surface area contributed by atoms with Crippen molar-refractivity contribution in [1.29, 1.82) is 0 Å². The average Bonchev–Trinajstić information content (AvgIpc) is 2.83. The molecule has 1 aliphatic rings. The summed E-state index contributed by atoms with van der Waals surface area (Å²) in [5, 5.41) is 14.1. The molecule has 1 fully saturated rings. The molecular weight excluding hydrogens is 212 g/mol. The zero-order chi connectivity index (χ0) is 11.7. The van der Waals surface area contributed by atoms with Crippen molar-refractivity contribution in [1.82, 2.24) is 10.3 Å². The third-order valence-corrected chi connectivity index (χ3v) is 3.42. The number of phenolic OH excluding ortho intramolecular Hbond substituents is 1. The molecule has 1 aliphatic heterocycles. The van der Waals surface area contributed by atoms with Gasteiger partial charge in [-0.25, -0.2) is 4.98 Å². The van der Waals surface area contributed by atoms with Crippen molar-refractivity contribution >= 4 is 10.9 Å². The average molecular weight is 228 g/mol. The molecule has 2 aromatic rings. The van der Waals surface area contributed by atoms with Crippen LogP contribution in [0.3, 0.4) is 0 Å². The number of benzene rings is 1. The van der Waals surface area contributed by atoms with Crippen molar-refractivity contribution in [2.24, 2.45) is 5.92 Å². The summed E-state index contributed by atoms with van der Waals surface area (Å²) in [6.07, 6.45) is 2.22. The van der Waals surface area contributed by atoms with Crippen LogP contribution in [0.25, 0.3) is 10.9 Å². The third-order valence-electron chi connectivity index (χ3n) is 3.42. The molecular formula is C14H16N2O. The molecule has 2 heterocycles. The number of hydrogen-bond acceptors (Lipinski definition) is 3. The molecule has 1 saturated heterocycles. The lowest BCUT2D eigenvalue weighted by Crippen LogP contribution is -2.11. The molecule has 3 heteroatoms. The first-order valence-corrected chi connectivity index (χ1v) is 6.11. The van der Waals surface area contributed by atoms with Crippen LogP contribution in [0.4, 0.5) is 0 Å². The standard InChI is InChI=1S/C14H16N2O/c17-13-3-1-2-11-4-5-12(16-14(11)13)8-10-6-7-15-9-10/h1-5,10,15,17H,6-9H2. The van der Waals surface area contributed by atoms with E-state index in [1.807, 2.05) is 18.2 Å². The Bertz CT molecular complexity index is 533. The summed E-state index contributed by atoms with van der Waals surface area (Å²) in [7, 11) is 0. The smallest absolute Gasteiger partial charge is 0.141 e. The number of hydrogen-bond donors (Lipinski definition) is 2. The normalized spacial score (nSPS) is 19.9. The monoisotopic (exact) mass is 228 g/mol. The van der Waals surface area contributed by atoms with E-state index in [1.54, 1.807) is 6.07 Å². The molecule has 1 unspecified atom stereocenters. The Morgan fingerprint density at radius 1 is 1.29 bits per heavy atom. The molecule has 88 valence electrons. The molecule has 0 saturated carbocycles.